The van der Waals surface area contributed by atoms with Crippen molar-refractivity contribution in [2.24, 2.45) is 7.05 Å². The molecule has 2 nitrogen and oxygen atoms in total. The molecule has 0 fully saturated rings. The van der Waals surface area contributed by atoms with Crippen molar-refractivity contribution in [2.45, 2.75) is 0 Å². The van der Waals surface area contributed by atoms with Crippen LogP contribution in [0.5, 0.6) is 0 Å². The van der Waals surface area contributed by atoms with Crippen molar-refractivity contribution < 1.29 is 32.7 Å². The van der Waals surface area contributed by atoms with Gasteiger partial charge < -0.3 is 4.57 Å². The molecule has 5 heteroatoms. The molecule has 0 saturated carbocycles. The molecule has 0 saturated heterocycles. The zero-order valence-electron chi connectivity index (χ0n) is 9.08. The first-order chi connectivity index (χ1) is 7.59. The molecule has 0 aliphatic carbocycles. The van der Waals surface area contributed by atoms with Gasteiger partial charge in [-0.1, -0.05) is 39.3 Å². The van der Waals surface area contributed by atoms with E-state index in [9.17, 15) is 4.79 Å². The first-order valence-corrected chi connectivity index (χ1v) is 6.50. The molecule has 0 unspecified atom stereocenters. The maximum Gasteiger partial charge on any atom is 0.207 e. The van der Waals surface area contributed by atoms with E-state index in [1.165, 1.54) is 0 Å². The summed E-state index contributed by atoms with van der Waals surface area (Å²) in [5, 5.41) is 0. The third-order valence-corrected chi connectivity index (χ3v) is 3.60. The Balaban J connectivity index is 0.00000144. The second-order valence-electron chi connectivity index (χ2n) is 3.36. The van der Waals surface area contributed by atoms with Crippen molar-refractivity contribution >= 4 is 38.5 Å². The van der Waals surface area contributed by atoms with E-state index in [-0.39, 0.29) is 38.3 Å². The fourth-order valence-electron chi connectivity index (χ4n) is 1.44. The van der Waals surface area contributed by atoms with E-state index in [4.69, 9.17) is 0 Å². The molecule has 1 aromatic carbocycles. The van der Waals surface area contributed by atoms with Gasteiger partial charge in [-0.2, -0.15) is 12.1 Å². The summed E-state index contributed by atoms with van der Waals surface area (Å²) < 4.78 is 3.32. The number of hydrogen-bond acceptors (Lipinski definition) is 1. The Morgan fingerprint density at radius 1 is 1.29 bits per heavy atom. The molecule has 0 aliphatic rings. The molecule has 1 radical (unpaired) electrons. The monoisotopic (exact) mass is 477 g/mol. The SMILES string of the molecule is Cn1c(-c2ccc(Br)cc2)[c-]cc(I)c1=O.[Y]. The van der Waals surface area contributed by atoms with Crippen LogP contribution in [0.15, 0.2) is 39.6 Å². The molecule has 0 amide bonds. The van der Waals surface area contributed by atoms with Crippen LogP contribution in [0.4, 0.5) is 0 Å². The van der Waals surface area contributed by atoms with Gasteiger partial charge in [-0.05, 0) is 3.57 Å². The van der Waals surface area contributed by atoms with Crippen LogP contribution in [0.1, 0.15) is 0 Å². The van der Waals surface area contributed by atoms with Crippen LogP contribution in [0, 0.1) is 9.64 Å². The number of benzene rings is 1. The number of rotatable bonds is 1. The maximum atomic E-state index is 11.8. The van der Waals surface area contributed by atoms with Crippen molar-refractivity contribution in [2.75, 3.05) is 0 Å². The van der Waals surface area contributed by atoms with E-state index in [2.05, 4.69) is 22.0 Å². The summed E-state index contributed by atoms with van der Waals surface area (Å²) >= 11 is 5.40. The quantitative estimate of drug-likeness (QED) is 0.457. The predicted octanol–water partition coefficient (Wildman–Crippen LogP) is 3.22. The molecular formula is C12H8BrINOY-. The molecule has 0 spiro atoms. The fraction of sp³-hybridized carbons (Fsp3) is 0.0833. The van der Waals surface area contributed by atoms with Gasteiger partial charge in [-0.25, -0.2) is 0 Å². The first kappa shape index (κ1) is 15.5. The summed E-state index contributed by atoms with van der Waals surface area (Å²) in [6.07, 6.45) is 0. The third-order valence-electron chi connectivity index (χ3n) is 2.30. The van der Waals surface area contributed by atoms with Gasteiger partial charge in [0.25, 0.3) is 0 Å². The van der Waals surface area contributed by atoms with Crippen LogP contribution < -0.4 is 5.56 Å². The minimum absolute atomic E-state index is 0. The number of pyridine rings is 1. The van der Waals surface area contributed by atoms with Crippen LogP contribution in [-0.4, -0.2) is 4.57 Å². The second-order valence-corrected chi connectivity index (χ2v) is 5.43. The van der Waals surface area contributed by atoms with Crippen molar-refractivity contribution in [1.82, 2.24) is 4.57 Å². The molecule has 1 heterocycles. The fourth-order valence-corrected chi connectivity index (χ4v) is 2.22. The van der Waals surface area contributed by atoms with Crippen molar-refractivity contribution in [1.29, 1.82) is 0 Å². The summed E-state index contributed by atoms with van der Waals surface area (Å²) in [6, 6.07) is 12.7. The smallest absolute Gasteiger partial charge is 0.207 e. The number of nitrogens with zero attached hydrogens (tertiary/aromatic N) is 1. The van der Waals surface area contributed by atoms with E-state index in [1.54, 1.807) is 17.7 Å². The van der Waals surface area contributed by atoms with E-state index < -0.39 is 0 Å². The molecule has 1 aromatic heterocycles. The van der Waals surface area contributed by atoms with Gasteiger partial charge in [0.05, 0.1) is 0 Å². The normalized spacial score (nSPS) is 9.82. The summed E-state index contributed by atoms with van der Waals surface area (Å²) in [5.41, 5.74) is 1.80. The largest absolute Gasteiger partial charge is 0.345 e. The summed E-state index contributed by atoms with van der Waals surface area (Å²) in [7, 11) is 1.76. The van der Waals surface area contributed by atoms with Crippen LogP contribution in [0.25, 0.3) is 11.3 Å². The average molecular weight is 478 g/mol. The van der Waals surface area contributed by atoms with E-state index >= 15 is 0 Å². The van der Waals surface area contributed by atoms with Gasteiger partial charge in [0.1, 0.15) is 0 Å². The minimum atomic E-state index is 0. The molecule has 85 valence electrons. The zero-order chi connectivity index (χ0) is 11.7. The Hall–Kier alpha value is 0.484. The number of aromatic nitrogens is 1. The Morgan fingerprint density at radius 2 is 1.88 bits per heavy atom. The third kappa shape index (κ3) is 3.49. The Bertz CT molecular complexity index is 580. The molecule has 0 aliphatic heterocycles. The summed E-state index contributed by atoms with van der Waals surface area (Å²) in [4.78, 5) is 11.8. The molecule has 2 rings (SSSR count). The van der Waals surface area contributed by atoms with Crippen molar-refractivity contribution in [3.63, 3.8) is 0 Å². The van der Waals surface area contributed by atoms with E-state index in [0.29, 0.717) is 3.57 Å². The first-order valence-electron chi connectivity index (χ1n) is 4.63. The standard InChI is InChI=1S/C12H8BrINO.Y/c1-15-11(7-6-10(14)12(15)16)8-2-4-9(13)5-3-8;/h2-6H,1H3;/q-1;. The van der Waals surface area contributed by atoms with Gasteiger partial charge in [0.15, 0.2) is 0 Å². The maximum absolute atomic E-state index is 11.8. The topological polar surface area (TPSA) is 22.0 Å². The molecule has 0 bridgehead atoms. The Morgan fingerprint density at radius 3 is 2.47 bits per heavy atom. The van der Waals surface area contributed by atoms with Gasteiger partial charge in [-0.15, -0.1) is 34.7 Å². The zero-order valence-corrected chi connectivity index (χ0v) is 15.7. The molecule has 2 aromatic rings. The van der Waals surface area contributed by atoms with Gasteiger partial charge >= 0.3 is 0 Å². The van der Waals surface area contributed by atoms with Gasteiger partial charge in [-0.3, -0.25) is 4.79 Å². The van der Waals surface area contributed by atoms with Crippen LogP contribution in [0.2, 0.25) is 0 Å². The second kappa shape index (κ2) is 6.59. The van der Waals surface area contributed by atoms with E-state index in [0.717, 1.165) is 15.7 Å². The molecule has 17 heavy (non-hydrogen) atoms. The molecule has 0 atom stereocenters. The Kier molecular flexibility index (Phi) is 6.03. The van der Waals surface area contributed by atoms with Gasteiger partial charge in [0.2, 0.25) is 5.56 Å². The van der Waals surface area contributed by atoms with Gasteiger partial charge in [0, 0.05) is 44.2 Å². The summed E-state index contributed by atoms with van der Waals surface area (Å²) in [5.74, 6) is 0. The van der Waals surface area contributed by atoms with Crippen LogP contribution in [-0.2, 0) is 39.8 Å². The predicted molar refractivity (Wildman–Crippen MR) is 76.4 cm³/mol. The number of halogens is 2. The van der Waals surface area contributed by atoms with E-state index in [1.807, 2.05) is 46.9 Å². The summed E-state index contributed by atoms with van der Waals surface area (Å²) in [6.45, 7) is 0. The molecule has 0 N–H and O–H groups in total. The average Bonchev–Trinajstić information content (AvgIpc) is 2.28. The molecular weight excluding hydrogens is 470 g/mol. The van der Waals surface area contributed by atoms with Crippen LogP contribution in [0.3, 0.4) is 0 Å². The minimum Gasteiger partial charge on any atom is -0.345 e. The van der Waals surface area contributed by atoms with Crippen molar-refractivity contribution in [3.8, 4) is 11.3 Å². The van der Waals surface area contributed by atoms with Crippen LogP contribution >= 0.6 is 38.5 Å². The van der Waals surface area contributed by atoms with Crippen molar-refractivity contribution in [3.05, 3.63) is 54.8 Å². The Labute approximate surface area is 147 Å². The number of hydrogen-bond donors (Lipinski definition) is 0.